The highest BCUT2D eigenvalue weighted by Gasteiger charge is 2.56. The summed E-state index contributed by atoms with van der Waals surface area (Å²) in [4.78, 5) is 4.78. The molecule has 2 unspecified atom stereocenters. The number of nitrogens with one attached hydrogen (secondary N) is 2. The lowest BCUT2D eigenvalue weighted by Gasteiger charge is -2.54. The molecule has 3 rings (SSSR count). The average Bonchev–Trinajstić information content (AvgIpc) is 3.15. The first-order chi connectivity index (χ1) is 10.3. The van der Waals surface area contributed by atoms with Crippen molar-refractivity contribution in [1.29, 1.82) is 0 Å². The maximum atomic E-state index is 6.00. The second-order valence-electron chi connectivity index (χ2n) is 6.98. The zero-order valence-corrected chi connectivity index (χ0v) is 13.7. The highest BCUT2D eigenvalue weighted by Crippen LogP contribution is 2.54. The molecule has 0 aliphatic heterocycles. The van der Waals surface area contributed by atoms with Gasteiger partial charge in [-0.1, -0.05) is 12.8 Å². The summed E-state index contributed by atoms with van der Waals surface area (Å²) in [7, 11) is 0. The van der Waals surface area contributed by atoms with Gasteiger partial charge >= 0.3 is 0 Å². The molecule has 0 aromatic heterocycles. The van der Waals surface area contributed by atoms with E-state index in [0.29, 0.717) is 17.6 Å². The van der Waals surface area contributed by atoms with Gasteiger partial charge in [0.05, 0.1) is 6.10 Å². The van der Waals surface area contributed by atoms with Crippen LogP contribution in [-0.2, 0) is 4.74 Å². The van der Waals surface area contributed by atoms with Crippen LogP contribution in [0, 0.1) is 11.3 Å². The summed E-state index contributed by atoms with van der Waals surface area (Å²) in [5.41, 5.74) is 0.381. The minimum atomic E-state index is 0.381. The molecule has 0 heterocycles. The second-order valence-corrected chi connectivity index (χ2v) is 6.98. The molecular weight excluding hydrogens is 262 g/mol. The Morgan fingerprint density at radius 2 is 2.00 bits per heavy atom. The monoisotopic (exact) mass is 293 g/mol. The Balaban J connectivity index is 1.60. The Kier molecular flexibility index (Phi) is 4.72. The topological polar surface area (TPSA) is 45.7 Å². The zero-order valence-electron chi connectivity index (χ0n) is 13.7. The molecule has 0 amide bonds. The molecule has 2 N–H and O–H groups in total. The molecule has 0 bridgehead atoms. The van der Waals surface area contributed by atoms with E-state index in [9.17, 15) is 0 Å². The molecule has 21 heavy (non-hydrogen) atoms. The maximum absolute atomic E-state index is 6.00. The summed E-state index contributed by atoms with van der Waals surface area (Å²) in [6.45, 7) is 7.03. The summed E-state index contributed by atoms with van der Waals surface area (Å²) in [5.74, 6) is 1.87. The van der Waals surface area contributed by atoms with Gasteiger partial charge in [-0.25, -0.2) is 0 Å². The quantitative estimate of drug-likeness (QED) is 0.584. The Labute approximate surface area is 129 Å². The van der Waals surface area contributed by atoms with Crippen molar-refractivity contribution in [2.75, 3.05) is 19.7 Å². The molecule has 120 valence electrons. The third kappa shape index (κ3) is 3.20. The van der Waals surface area contributed by atoms with Crippen LogP contribution in [-0.4, -0.2) is 37.8 Å². The van der Waals surface area contributed by atoms with Crippen LogP contribution in [0.1, 0.15) is 58.8 Å². The van der Waals surface area contributed by atoms with Gasteiger partial charge in [0.25, 0.3) is 0 Å². The molecule has 4 heteroatoms. The van der Waals surface area contributed by atoms with Gasteiger partial charge in [-0.2, -0.15) is 0 Å². The van der Waals surface area contributed by atoms with E-state index >= 15 is 0 Å². The van der Waals surface area contributed by atoms with Crippen molar-refractivity contribution in [2.24, 2.45) is 16.3 Å². The molecule has 3 saturated carbocycles. The van der Waals surface area contributed by atoms with Crippen LogP contribution in [0.15, 0.2) is 4.99 Å². The highest BCUT2D eigenvalue weighted by molar-refractivity contribution is 5.80. The van der Waals surface area contributed by atoms with Crippen LogP contribution in [0.4, 0.5) is 0 Å². The van der Waals surface area contributed by atoms with Gasteiger partial charge in [-0.3, -0.25) is 4.99 Å². The van der Waals surface area contributed by atoms with Gasteiger partial charge in [-0.15, -0.1) is 0 Å². The third-order valence-corrected chi connectivity index (χ3v) is 5.55. The number of hydrogen-bond donors (Lipinski definition) is 2. The first kappa shape index (κ1) is 15.1. The molecule has 3 fully saturated rings. The SMILES string of the molecule is CCNC(=NCC1CC1)NC1CC(OCC)C12CCCC2. The van der Waals surface area contributed by atoms with E-state index in [2.05, 4.69) is 24.5 Å². The van der Waals surface area contributed by atoms with Gasteiger partial charge in [-0.05, 0) is 51.9 Å². The molecular formula is C17H31N3O. The Morgan fingerprint density at radius 1 is 1.24 bits per heavy atom. The van der Waals surface area contributed by atoms with Crippen molar-refractivity contribution in [3.05, 3.63) is 0 Å². The smallest absolute Gasteiger partial charge is 0.191 e. The van der Waals surface area contributed by atoms with Gasteiger partial charge in [0.1, 0.15) is 0 Å². The first-order valence-electron chi connectivity index (χ1n) is 8.95. The van der Waals surface area contributed by atoms with Crippen molar-refractivity contribution >= 4 is 5.96 Å². The number of nitrogens with zero attached hydrogens (tertiary/aromatic N) is 1. The summed E-state index contributed by atoms with van der Waals surface area (Å²) in [6, 6.07) is 0.550. The zero-order chi connectivity index (χ0) is 14.7. The average molecular weight is 293 g/mol. The van der Waals surface area contributed by atoms with E-state index < -0.39 is 0 Å². The minimum absolute atomic E-state index is 0.381. The number of guanidine groups is 1. The lowest BCUT2D eigenvalue weighted by atomic mass is 9.60. The molecule has 3 aliphatic rings. The Morgan fingerprint density at radius 3 is 2.62 bits per heavy atom. The van der Waals surface area contributed by atoms with Gasteiger partial charge < -0.3 is 15.4 Å². The highest BCUT2D eigenvalue weighted by atomic mass is 16.5. The van der Waals surface area contributed by atoms with Crippen LogP contribution in [0.2, 0.25) is 0 Å². The standard InChI is InChI=1S/C17H31N3O/c1-3-18-16(19-12-13-7-8-13)20-14-11-15(21-4-2)17(14)9-5-6-10-17/h13-15H,3-12H2,1-2H3,(H2,18,19,20). The van der Waals surface area contributed by atoms with Crippen molar-refractivity contribution in [2.45, 2.75) is 70.9 Å². The minimum Gasteiger partial charge on any atom is -0.378 e. The Hall–Kier alpha value is -0.770. The van der Waals surface area contributed by atoms with Crippen LogP contribution < -0.4 is 10.6 Å². The number of ether oxygens (including phenoxy) is 1. The van der Waals surface area contributed by atoms with Crippen LogP contribution in [0.3, 0.4) is 0 Å². The second kappa shape index (κ2) is 6.55. The van der Waals surface area contributed by atoms with Crippen LogP contribution in [0.5, 0.6) is 0 Å². The normalized spacial score (nSPS) is 31.2. The van der Waals surface area contributed by atoms with Gasteiger partial charge in [0, 0.05) is 31.2 Å². The van der Waals surface area contributed by atoms with E-state index in [0.717, 1.165) is 38.0 Å². The molecule has 4 nitrogen and oxygen atoms in total. The lowest BCUT2D eigenvalue weighted by Crippen LogP contribution is -2.65. The largest absolute Gasteiger partial charge is 0.378 e. The fourth-order valence-corrected chi connectivity index (χ4v) is 4.09. The third-order valence-electron chi connectivity index (χ3n) is 5.55. The molecule has 0 saturated heterocycles. The predicted octanol–water partition coefficient (Wildman–Crippen LogP) is 2.69. The molecule has 0 aromatic rings. The van der Waals surface area contributed by atoms with Crippen molar-refractivity contribution in [1.82, 2.24) is 10.6 Å². The molecule has 0 aromatic carbocycles. The van der Waals surface area contributed by atoms with Gasteiger partial charge in [0.2, 0.25) is 0 Å². The number of aliphatic imine (C=N–C) groups is 1. The summed E-state index contributed by atoms with van der Waals surface area (Å²) >= 11 is 0. The van der Waals surface area contributed by atoms with E-state index in [-0.39, 0.29) is 0 Å². The van der Waals surface area contributed by atoms with Crippen molar-refractivity contribution < 1.29 is 4.74 Å². The summed E-state index contributed by atoms with van der Waals surface area (Å²) in [6.07, 6.45) is 9.69. The summed E-state index contributed by atoms with van der Waals surface area (Å²) in [5, 5.41) is 7.13. The van der Waals surface area contributed by atoms with Crippen LogP contribution in [0.25, 0.3) is 0 Å². The predicted molar refractivity (Wildman–Crippen MR) is 86.6 cm³/mol. The molecule has 1 spiro atoms. The first-order valence-corrected chi connectivity index (χ1v) is 8.95. The molecule has 3 aliphatic carbocycles. The molecule has 2 atom stereocenters. The maximum Gasteiger partial charge on any atom is 0.191 e. The van der Waals surface area contributed by atoms with Gasteiger partial charge in [0.15, 0.2) is 5.96 Å². The van der Waals surface area contributed by atoms with Crippen molar-refractivity contribution in [3.8, 4) is 0 Å². The number of hydrogen-bond acceptors (Lipinski definition) is 2. The lowest BCUT2D eigenvalue weighted by molar-refractivity contribution is -0.125. The Bertz CT molecular complexity index is 372. The van der Waals surface area contributed by atoms with E-state index in [1.807, 2.05) is 0 Å². The fourth-order valence-electron chi connectivity index (χ4n) is 4.09. The van der Waals surface area contributed by atoms with Crippen molar-refractivity contribution in [3.63, 3.8) is 0 Å². The summed E-state index contributed by atoms with van der Waals surface area (Å²) < 4.78 is 6.00. The fraction of sp³-hybridized carbons (Fsp3) is 0.941. The molecule has 0 radical (unpaired) electrons. The van der Waals surface area contributed by atoms with Crippen LogP contribution >= 0.6 is 0 Å². The number of rotatable bonds is 6. The van der Waals surface area contributed by atoms with E-state index in [1.165, 1.54) is 38.5 Å². The van der Waals surface area contributed by atoms with E-state index in [4.69, 9.17) is 9.73 Å². The van der Waals surface area contributed by atoms with E-state index in [1.54, 1.807) is 0 Å².